The van der Waals surface area contributed by atoms with Gasteiger partial charge in [0.2, 0.25) is 0 Å². The molecule has 2 aliphatic rings. The molecule has 2 saturated heterocycles. The van der Waals surface area contributed by atoms with Gasteiger partial charge >= 0.3 is 6.09 Å². The maximum atomic E-state index is 11.9. The first-order valence-corrected chi connectivity index (χ1v) is 6.41. The van der Waals surface area contributed by atoms with Crippen LogP contribution in [-0.2, 0) is 11.3 Å². The van der Waals surface area contributed by atoms with Crippen LogP contribution in [0.4, 0.5) is 4.79 Å². The third kappa shape index (κ3) is 2.08. The molecule has 2 fully saturated rings. The van der Waals surface area contributed by atoms with E-state index in [0.29, 0.717) is 19.4 Å². The molecule has 2 unspecified atom stereocenters. The van der Waals surface area contributed by atoms with Crippen molar-refractivity contribution < 1.29 is 14.6 Å². The number of nitrogens with zero attached hydrogens (tertiary/aromatic N) is 1. The lowest BCUT2D eigenvalue weighted by atomic mass is 9.78. The second-order valence-electron chi connectivity index (χ2n) is 5.12. The molecule has 2 atom stereocenters. The molecule has 0 aliphatic carbocycles. The molecule has 0 spiro atoms. The first kappa shape index (κ1) is 11.5. The maximum absolute atomic E-state index is 11.9. The molecule has 1 N–H and O–H groups in total. The SMILES string of the molecule is O=C(OCc1ccccc1)N1C2CC(O)CC1C2. The van der Waals surface area contributed by atoms with Crippen LogP contribution in [0.1, 0.15) is 24.8 Å². The highest BCUT2D eigenvalue weighted by Gasteiger charge is 2.48. The summed E-state index contributed by atoms with van der Waals surface area (Å²) in [6.45, 7) is 0.318. The van der Waals surface area contributed by atoms with Gasteiger partial charge in [0.05, 0.1) is 6.10 Å². The Morgan fingerprint density at radius 3 is 2.56 bits per heavy atom. The Morgan fingerprint density at radius 1 is 1.22 bits per heavy atom. The summed E-state index contributed by atoms with van der Waals surface area (Å²) in [6, 6.07) is 10.0. The summed E-state index contributed by atoms with van der Waals surface area (Å²) in [5.74, 6) is 0. The lowest BCUT2D eigenvalue weighted by Crippen LogP contribution is -2.63. The van der Waals surface area contributed by atoms with Gasteiger partial charge in [-0.25, -0.2) is 4.79 Å². The van der Waals surface area contributed by atoms with Crippen molar-refractivity contribution in [1.29, 1.82) is 0 Å². The topological polar surface area (TPSA) is 49.8 Å². The van der Waals surface area contributed by atoms with Gasteiger partial charge in [-0.2, -0.15) is 0 Å². The number of ether oxygens (including phenoxy) is 1. The highest BCUT2D eigenvalue weighted by atomic mass is 16.6. The average molecular weight is 247 g/mol. The van der Waals surface area contributed by atoms with Gasteiger partial charge in [0.15, 0.2) is 0 Å². The molecule has 4 heteroatoms. The number of carbonyl (C=O) groups is 1. The van der Waals surface area contributed by atoms with Crippen LogP contribution in [0.2, 0.25) is 0 Å². The van der Waals surface area contributed by atoms with Gasteiger partial charge in [-0.05, 0) is 24.8 Å². The number of amides is 1. The Labute approximate surface area is 106 Å². The van der Waals surface area contributed by atoms with Crippen molar-refractivity contribution in [3.05, 3.63) is 35.9 Å². The molecule has 0 radical (unpaired) electrons. The zero-order chi connectivity index (χ0) is 12.5. The number of carbonyl (C=O) groups excluding carboxylic acids is 1. The smallest absolute Gasteiger partial charge is 0.410 e. The zero-order valence-corrected chi connectivity index (χ0v) is 10.2. The summed E-state index contributed by atoms with van der Waals surface area (Å²) >= 11 is 0. The summed E-state index contributed by atoms with van der Waals surface area (Å²) in [6.07, 6.45) is 1.91. The highest BCUT2D eigenvalue weighted by molar-refractivity contribution is 5.70. The fourth-order valence-corrected chi connectivity index (χ4v) is 2.94. The minimum atomic E-state index is -0.244. The third-order valence-corrected chi connectivity index (χ3v) is 3.84. The molecule has 2 bridgehead atoms. The van der Waals surface area contributed by atoms with Crippen LogP contribution in [-0.4, -0.2) is 34.3 Å². The average Bonchev–Trinajstić information content (AvgIpc) is 2.37. The van der Waals surface area contributed by atoms with E-state index in [1.807, 2.05) is 30.3 Å². The molecule has 2 aliphatic heterocycles. The number of piperidine rings is 1. The van der Waals surface area contributed by atoms with E-state index in [0.717, 1.165) is 12.0 Å². The Morgan fingerprint density at radius 2 is 1.89 bits per heavy atom. The molecule has 1 amide bonds. The molecule has 96 valence electrons. The first-order chi connectivity index (χ1) is 8.74. The Hall–Kier alpha value is -1.55. The number of hydrogen-bond donors (Lipinski definition) is 1. The minimum Gasteiger partial charge on any atom is -0.445 e. The van der Waals surface area contributed by atoms with Gasteiger partial charge in [-0.3, -0.25) is 0 Å². The van der Waals surface area contributed by atoms with E-state index in [-0.39, 0.29) is 24.3 Å². The van der Waals surface area contributed by atoms with Crippen LogP contribution in [0.5, 0.6) is 0 Å². The Bertz CT molecular complexity index is 422. The number of aliphatic hydroxyl groups is 1. The third-order valence-electron chi connectivity index (χ3n) is 3.84. The largest absolute Gasteiger partial charge is 0.445 e. The van der Waals surface area contributed by atoms with E-state index in [2.05, 4.69) is 0 Å². The lowest BCUT2D eigenvalue weighted by molar-refractivity contribution is -0.0714. The predicted octanol–water partition coefficient (Wildman–Crippen LogP) is 1.92. The number of benzene rings is 1. The number of aliphatic hydroxyl groups excluding tert-OH is 1. The summed E-state index contributed by atoms with van der Waals surface area (Å²) in [4.78, 5) is 13.7. The quantitative estimate of drug-likeness (QED) is 0.868. The summed E-state index contributed by atoms with van der Waals surface area (Å²) in [7, 11) is 0. The van der Waals surface area contributed by atoms with Crippen LogP contribution in [0.15, 0.2) is 30.3 Å². The van der Waals surface area contributed by atoms with E-state index >= 15 is 0 Å². The number of hydrogen-bond acceptors (Lipinski definition) is 3. The second kappa shape index (κ2) is 4.61. The van der Waals surface area contributed by atoms with Crippen LogP contribution in [0, 0.1) is 0 Å². The van der Waals surface area contributed by atoms with Gasteiger partial charge in [-0.15, -0.1) is 0 Å². The van der Waals surface area contributed by atoms with Crippen LogP contribution in [0.25, 0.3) is 0 Å². The van der Waals surface area contributed by atoms with Crippen molar-refractivity contribution >= 4 is 6.09 Å². The van der Waals surface area contributed by atoms with Crippen LogP contribution >= 0.6 is 0 Å². The summed E-state index contributed by atoms with van der Waals surface area (Å²) in [5.41, 5.74) is 0.997. The minimum absolute atomic E-state index is 0.182. The molecule has 4 nitrogen and oxygen atoms in total. The van der Waals surface area contributed by atoms with E-state index in [4.69, 9.17) is 4.74 Å². The van der Waals surface area contributed by atoms with Gasteiger partial charge in [-0.1, -0.05) is 30.3 Å². The van der Waals surface area contributed by atoms with Crippen LogP contribution < -0.4 is 0 Å². The van der Waals surface area contributed by atoms with E-state index in [1.165, 1.54) is 0 Å². The number of fused-ring (bicyclic) bond motifs is 2. The molecule has 1 aromatic rings. The second-order valence-corrected chi connectivity index (χ2v) is 5.12. The van der Waals surface area contributed by atoms with Crippen molar-refractivity contribution in [2.75, 3.05) is 0 Å². The Kier molecular flexibility index (Phi) is 2.96. The van der Waals surface area contributed by atoms with Crippen molar-refractivity contribution in [2.24, 2.45) is 0 Å². The monoisotopic (exact) mass is 247 g/mol. The van der Waals surface area contributed by atoms with E-state index in [9.17, 15) is 9.90 Å². The van der Waals surface area contributed by atoms with Crippen LogP contribution in [0.3, 0.4) is 0 Å². The van der Waals surface area contributed by atoms with E-state index < -0.39 is 0 Å². The van der Waals surface area contributed by atoms with Crippen molar-refractivity contribution in [2.45, 2.75) is 44.1 Å². The van der Waals surface area contributed by atoms with Gasteiger partial charge < -0.3 is 14.7 Å². The molecular weight excluding hydrogens is 230 g/mol. The zero-order valence-electron chi connectivity index (χ0n) is 10.2. The molecule has 2 heterocycles. The van der Waals surface area contributed by atoms with Gasteiger partial charge in [0, 0.05) is 12.1 Å². The molecule has 1 aromatic carbocycles. The fraction of sp³-hybridized carbons (Fsp3) is 0.500. The van der Waals surface area contributed by atoms with Crippen molar-refractivity contribution in [3.63, 3.8) is 0 Å². The fourth-order valence-electron chi connectivity index (χ4n) is 2.94. The maximum Gasteiger partial charge on any atom is 0.410 e. The number of rotatable bonds is 2. The molecule has 0 aromatic heterocycles. The molecular formula is C14H17NO3. The van der Waals surface area contributed by atoms with Gasteiger partial charge in [0.25, 0.3) is 0 Å². The van der Waals surface area contributed by atoms with Crippen molar-refractivity contribution in [3.8, 4) is 0 Å². The predicted molar refractivity (Wildman–Crippen MR) is 65.9 cm³/mol. The normalized spacial score (nSPS) is 29.6. The van der Waals surface area contributed by atoms with Gasteiger partial charge in [0.1, 0.15) is 6.61 Å². The highest BCUT2D eigenvalue weighted by Crippen LogP contribution is 2.38. The lowest BCUT2D eigenvalue weighted by Gasteiger charge is -2.53. The molecule has 18 heavy (non-hydrogen) atoms. The first-order valence-electron chi connectivity index (χ1n) is 6.41. The molecule has 3 rings (SSSR count). The van der Waals surface area contributed by atoms with Crippen molar-refractivity contribution in [1.82, 2.24) is 4.90 Å². The standard InChI is InChI=1S/C14H17NO3/c16-13-7-11-6-12(8-13)15(11)14(17)18-9-10-4-2-1-3-5-10/h1-5,11-13,16H,6-9H2. The van der Waals surface area contributed by atoms with E-state index in [1.54, 1.807) is 4.90 Å². The summed E-state index contributed by atoms with van der Waals surface area (Å²) in [5, 5.41) is 9.54. The molecule has 0 saturated carbocycles. The Balaban J connectivity index is 1.54. The summed E-state index contributed by atoms with van der Waals surface area (Å²) < 4.78 is 5.31.